The fourth-order valence-corrected chi connectivity index (χ4v) is 2.96. The first-order chi connectivity index (χ1) is 9.14. The zero-order valence-electron chi connectivity index (χ0n) is 13.4. The van der Waals surface area contributed by atoms with Gasteiger partial charge in [0, 0.05) is 0 Å². The molecule has 1 rings (SSSR count). The van der Waals surface area contributed by atoms with E-state index in [4.69, 9.17) is 0 Å². The summed E-state index contributed by atoms with van der Waals surface area (Å²) < 4.78 is 0. The normalized spacial score (nSPS) is 18.2. The van der Waals surface area contributed by atoms with Crippen LogP contribution in [0, 0.1) is 0 Å². The number of nitrogens with zero attached hydrogens (tertiary/aromatic N) is 1. The average molecular weight is 343 g/mol. The molecule has 0 saturated carbocycles. The van der Waals surface area contributed by atoms with Crippen LogP contribution < -0.4 is 5.32 Å². The van der Waals surface area contributed by atoms with Gasteiger partial charge < -0.3 is 15.3 Å². The van der Waals surface area contributed by atoms with Crippen molar-refractivity contribution in [2.45, 2.75) is 63.8 Å². The predicted octanol–water partition coefficient (Wildman–Crippen LogP) is 3.33. The van der Waals surface area contributed by atoms with Crippen LogP contribution in [0.5, 0.6) is 0 Å². The van der Waals surface area contributed by atoms with Gasteiger partial charge in [-0.25, -0.2) is 0 Å². The maximum absolute atomic E-state index is 11.6. The lowest BCUT2D eigenvalue weighted by molar-refractivity contribution is -0.145. The highest BCUT2D eigenvalue weighted by atomic mass is 35.5. The molecule has 1 fully saturated rings. The fraction of sp³-hybridized carbons (Fsp3) is 0.933. The number of hydrogen-bond donors (Lipinski definition) is 2. The largest absolute Gasteiger partial charge is 0.480 e. The monoisotopic (exact) mass is 342 g/mol. The third-order valence-electron chi connectivity index (χ3n) is 4.37. The van der Waals surface area contributed by atoms with Gasteiger partial charge in [0.05, 0.1) is 0 Å². The van der Waals surface area contributed by atoms with E-state index in [2.05, 4.69) is 17.1 Å². The highest BCUT2D eigenvalue weighted by Crippen LogP contribution is 2.21. The third-order valence-corrected chi connectivity index (χ3v) is 4.37. The molecule has 1 unspecified atom stereocenters. The van der Waals surface area contributed by atoms with Crippen molar-refractivity contribution >= 4 is 30.8 Å². The van der Waals surface area contributed by atoms with Crippen molar-refractivity contribution in [2.24, 2.45) is 0 Å². The lowest BCUT2D eigenvalue weighted by Crippen LogP contribution is -2.50. The number of nitrogens with one attached hydrogen (secondary N) is 1. The van der Waals surface area contributed by atoms with Gasteiger partial charge in [-0.15, -0.1) is 24.8 Å². The Morgan fingerprint density at radius 1 is 1.14 bits per heavy atom. The second-order valence-corrected chi connectivity index (χ2v) is 5.75. The summed E-state index contributed by atoms with van der Waals surface area (Å²) in [5, 5.41) is 12.6. The molecular formula is C15H32Cl2N2O2. The molecule has 1 aliphatic rings. The number of piperidine rings is 1. The second-order valence-electron chi connectivity index (χ2n) is 5.75. The van der Waals surface area contributed by atoms with E-state index in [1.807, 2.05) is 0 Å². The Balaban J connectivity index is 0. The number of rotatable bonds is 9. The van der Waals surface area contributed by atoms with Gasteiger partial charge in [-0.05, 0) is 58.8 Å². The van der Waals surface area contributed by atoms with E-state index >= 15 is 0 Å². The summed E-state index contributed by atoms with van der Waals surface area (Å²) in [6.07, 6.45) is 8.39. The number of carbonyl (C=O) groups is 1. The maximum atomic E-state index is 11.6. The minimum Gasteiger partial charge on any atom is -0.480 e. The molecule has 128 valence electrons. The number of unbranched alkanes of at least 4 members (excludes halogenated alkanes) is 1. The zero-order chi connectivity index (χ0) is 14.1. The summed E-state index contributed by atoms with van der Waals surface area (Å²) in [7, 11) is 1.78. The lowest BCUT2D eigenvalue weighted by Gasteiger charge is -2.31. The van der Waals surface area contributed by atoms with Gasteiger partial charge in [0.1, 0.15) is 5.54 Å². The Morgan fingerprint density at radius 3 is 2.19 bits per heavy atom. The second kappa shape index (κ2) is 12.5. The molecule has 1 saturated heterocycles. The number of likely N-dealkylation sites (N-methyl/N-ethyl adjacent to an activating group) is 1. The van der Waals surface area contributed by atoms with Gasteiger partial charge in [-0.3, -0.25) is 4.79 Å². The molecule has 0 spiro atoms. The van der Waals surface area contributed by atoms with E-state index in [1.165, 1.54) is 32.4 Å². The summed E-state index contributed by atoms with van der Waals surface area (Å²) in [4.78, 5) is 14.0. The average Bonchev–Trinajstić information content (AvgIpc) is 2.43. The molecule has 1 aliphatic heterocycles. The van der Waals surface area contributed by atoms with Crippen LogP contribution in [0.1, 0.15) is 58.3 Å². The first-order valence-corrected chi connectivity index (χ1v) is 7.79. The highest BCUT2D eigenvalue weighted by Gasteiger charge is 2.35. The summed E-state index contributed by atoms with van der Waals surface area (Å²) in [6, 6.07) is 0. The first kappa shape index (κ1) is 23.2. The molecule has 1 atom stereocenters. The number of carboxylic acid groups (broad SMARTS) is 1. The van der Waals surface area contributed by atoms with Crippen molar-refractivity contribution in [3.63, 3.8) is 0 Å². The van der Waals surface area contributed by atoms with Crippen molar-refractivity contribution in [1.82, 2.24) is 10.2 Å². The number of aliphatic carboxylic acids is 1. The molecule has 2 N–H and O–H groups in total. The topological polar surface area (TPSA) is 52.6 Å². The molecule has 1 heterocycles. The zero-order valence-corrected chi connectivity index (χ0v) is 15.0. The van der Waals surface area contributed by atoms with Gasteiger partial charge in [-0.2, -0.15) is 0 Å². The molecule has 0 bridgehead atoms. The fourth-order valence-electron chi connectivity index (χ4n) is 2.96. The Hall–Kier alpha value is -0.0300. The molecule has 0 aromatic heterocycles. The summed E-state index contributed by atoms with van der Waals surface area (Å²) in [6.45, 7) is 5.53. The standard InChI is InChI=1S/C15H30N2O2.2ClH/c1-3-4-9-15(16-2,14(18)19)10-8-13-17-11-6-5-7-12-17;;/h16H,3-13H2,1-2H3,(H,18,19);2*1H. The predicted molar refractivity (Wildman–Crippen MR) is 93.0 cm³/mol. The van der Waals surface area contributed by atoms with Crippen LogP contribution in [0.4, 0.5) is 0 Å². The van der Waals surface area contributed by atoms with Crippen LogP contribution in [0.15, 0.2) is 0 Å². The van der Waals surface area contributed by atoms with Crippen molar-refractivity contribution in [1.29, 1.82) is 0 Å². The SMILES string of the molecule is CCCCC(CCCN1CCCCC1)(NC)C(=O)O.Cl.Cl. The van der Waals surface area contributed by atoms with Crippen LogP contribution in [0.25, 0.3) is 0 Å². The number of carboxylic acids is 1. The number of halogens is 2. The van der Waals surface area contributed by atoms with E-state index < -0.39 is 11.5 Å². The van der Waals surface area contributed by atoms with E-state index in [0.29, 0.717) is 0 Å². The highest BCUT2D eigenvalue weighted by molar-refractivity contribution is 5.85. The molecule has 0 aromatic rings. The van der Waals surface area contributed by atoms with Gasteiger partial charge in [0.2, 0.25) is 0 Å². The minimum atomic E-state index is -0.716. The van der Waals surface area contributed by atoms with Gasteiger partial charge in [0.15, 0.2) is 0 Å². The van der Waals surface area contributed by atoms with Gasteiger partial charge in [-0.1, -0.05) is 26.2 Å². The maximum Gasteiger partial charge on any atom is 0.323 e. The summed E-state index contributed by atoms with van der Waals surface area (Å²) in [5.41, 5.74) is -0.716. The smallest absolute Gasteiger partial charge is 0.323 e. The van der Waals surface area contributed by atoms with Gasteiger partial charge in [0.25, 0.3) is 0 Å². The summed E-state index contributed by atoms with van der Waals surface area (Å²) in [5.74, 6) is -0.693. The first-order valence-electron chi connectivity index (χ1n) is 7.79. The van der Waals surface area contributed by atoms with E-state index in [1.54, 1.807) is 7.05 Å². The Bertz CT molecular complexity index is 274. The van der Waals surface area contributed by atoms with Crippen molar-refractivity contribution < 1.29 is 9.90 Å². The quantitative estimate of drug-likeness (QED) is 0.674. The molecule has 4 nitrogen and oxygen atoms in total. The minimum absolute atomic E-state index is 0. The van der Waals surface area contributed by atoms with Crippen LogP contribution in [-0.2, 0) is 4.79 Å². The van der Waals surface area contributed by atoms with Crippen LogP contribution >= 0.6 is 24.8 Å². The van der Waals surface area contributed by atoms with E-state index in [9.17, 15) is 9.90 Å². The lowest BCUT2D eigenvalue weighted by atomic mass is 9.87. The van der Waals surface area contributed by atoms with E-state index in [0.717, 1.165) is 38.6 Å². The molecular weight excluding hydrogens is 311 g/mol. The molecule has 0 radical (unpaired) electrons. The molecule has 0 aliphatic carbocycles. The van der Waals surface area contributed by atoms with Crippen LogP contribution in [0.2, 0.25) is 0 Å². The van der Waals surface area contributed by atoms with Crippen LogP contribution in [-0.4, -0.2) is 48.2 Å². The molecule has 6 heteroatoms. The van der Waals surface area contributed by atoms with Crippen molar-refractivity contribution in [3.05, 3.63) is 0 Å². The number of likely N-dealkylation sites (tertiary alicyclic amines) is 1. The Morgan fingerprint density at radius 2 is 1.71 bits per heavy atom. The number of hydrogen-bond acceptors (Lipinski definition) is 3. The third kappa shape index (κ3) is 7.68. The summed E-state index contributed by atoms with van der Waals surface area (Å²) >= 11 is 0. The Kier molecular flexibility index (Phi) is 13.8. The molecule has 21 heavy (non-hydrogen) atoms. The molecule has 0 aromatic carbocycles. The Labute approximate surface area is 141 Å². The van der Waals surface area contributed by atoms with Crippen LogP contribution in [0.3, 0.4) is 0 Å². The molecule has 0 amide bonds. The van der Waals surface area contributed by atoms with Crippen molar-refractivity contribution in [3.8, 4) is 0 Å². The van der Waals surface area contributed by atoms with Gasteiger partial charge >= 0.3 is 5.97 Å². The van der Waals surface area contributed by atoms with E-state index in [-0.39, 0.29) is 24.8 Å². The van der Waals surface area contributed by atoms with Crippen molar-refractivity contribution in [2.75, 3.05) is 26.7 Å².